The van der Waals surface area contributed by atoms with Crippen LogP contribution in [0.25, 0.3) is 11.0 Å². The summed E-state index contributed by atoms with van der Waals surface area (Å²) in [7, 11) is 0. The van der Waals surface area contributed by atoms with Crippen molar-refractivity contribution in [3.8, 4) is 0 Å². The maximum Gasteiger partial charge on any atom is 0.125 e. The van der Waals surface area contributed by atoms with Crippen molar-refractivity contribution in [1.82, 2.24) is 14.5 Å². The standard InChI is InChI=1S/C15H19ClFN3/c1-2-19-6-5-11(9-19)10-20-14-4-3-12(17)7-13(14)18-15(20)8-16/h3-4,7,11H,2,5-6,8-10H2,1H3. The van der Waals surface area contributed by atoms with E-state index in [-0.39, 0.29) is 5.82 Å². The van der Waals surface area contributed by atoms with Gasteiger partial charge in [0, 0.05) is 19.2 Å². The molecule has 1 unspecified atom stereocenters. The minimum absolute atomic E-state index is 0.249. The zero-order valence-electron chi connectivity index (χ0n) is 11.6. The Morgan fingerprint density at radius 3 is 3.00 bits per heavy atom. The van der Waals surface area contributed by atoms with Crippen molar-refractivity contribution in [1.29, 1.82) is 0 Å². The number of hydrogen-bond donors (Lipinski definition) is 0. The summed E-state index contributed by atoms with van der Waals surface area (Å²) >= 11 is 6.00. The van der Waals surface area contributed by atoms with E-state index in [1.165, 1.54) is 25.1 Å². The van der Waals surface area contributed by atoms with Gasteiger partial charge in [0.2, 0.25) is 0 Å². The zero-order valence-corrected chi connectivity index (χ0v) is 12.4. The summed E-state index contributed by atoms with van der Waals surface area (Å²) in [6.45, 7) is 6.51. The second-order valence-corrected chi connectivity index (χ2v) is 5.72. The van der Waals surface area contributed by atoms with Crippen LogP contribution in [-0.4, -0.2) is 34.1 Å². The number of alkyl halides is 1. The molecule has 1 aromatic heterocycles. The summed E-state index contributed by atoms with van der Waals surface area (Å²) in [5, 5.41) is 0. The average molecular weight is 296 g/mol. The maximum atomic E-state index is 13.3. The minimum Gasteiger partial charge on any atom is -0.327 e. The van der Waals surface area contributed by atoms with Gasteiger partial charge in [0.05, 0.1) is 16.9 Å². The molecule has 2 aromatic rings. The third kappa shape index (κ3) is 2.54. The molecule has 108 valence electrons. The SMILES string of the molecule is CCN1CCC(Cn2c(CCl)nc3cc(F)ccc32)C1. The summed E-state index contributed by atoms with van der Waals surface area (Å²) in [6.07, 6.45) is 1.20. The lowest BCUT2D eigenvalue weighted by atomic mass is 10.1. The topological polar surface area (TPSA) is 21.1 Å². The van der Waals surface area contributed by atoms with E-state index < -0.39 is 0 Å². The van der Waals surface area contributed by atoms with Crippen LogP contribution in [0.1, 0.15) is 19.2 Å². The van der Waals surface area contributed by atoms with E-state index in [4.69, 9.17) is 11.6 Å². The molecule has 0 bridgehead atoms. The molecule has 5 heteroatoms. The van der Waals surface area contributed by atoms with Crippen LogP contribution in [0.3, 0.4) is 0 Å². The molecule has 20 heavy (non-hydrogen) atoms. The number of rotatable bonds is 4. The number of benzene rings is 1. The summed E-state index contributed by atoms with van der Waals surface area (Å²) in [5.74, 6) is 1.57. The molecule has 1 aromatic carbocycles. The largest absolute Gasteiger partial charge is 0.327 e. The first kappa shape index (κ1) is 13.8. The van der Waals surface area contributed by atoms with Gasteiger partial charge in [-0.25, -0.2) is 9.37 Å². The molecule has 0 saturated carbocycles. The number of halogens is 2. The monoisotopic (exact) mass is 295 g/mol. The summed E-state index contributed by atoms with van der Waals surface area (Å²) in [4.78, 5) is 6.91. The van der Waals surface area contributed by atoms with Crippen molar-refractivity contribution >= 4 is 22.6 Å². The molecule has 3 nitrogen and oxygen atoms in total. The normalized spacial score (nSPS) is 20.1. The summed E-state index contributed by atoms with van der Waals surface area (Å²) in [6, 6.07) is 4.78. The average Bonchev–Trinajstić information content (AvgIpc) is 3.03. The van der Waals surface area contributed by atoms with Crippen LogP contribution in [0.2, 0.25) is 0 Å². The number of aromatic nitrogens is 2. The number of likely N-dealkylation sites (tertiary alicyclic amines) is 1. The van der Waals surface area contributed by atoms with Gasteiger partial charge in [-0.2, -0.15) is 0 Å². The van der Waals surface area contributed by atoms with Gasteiger partial charge in [0.15, 0.2) is 0 Å². The van der Waals surface area contributed by atoms with Crippen molar-refractivity contribution in [2.24, 2.45) is 5.92 Å². The van der Waals surface area contributed by atoms with Gasteiger partial charge >= 0.3 is 0 Å². The summed E-state index contributed by atoms with van der Waals surface area (Å²) < 4.78 is 15.5. The van der Waals surface area contributed by atoms with E-state index in [1.54, 1.807) is 6.07 Å². The van der Waals surface area contributed by atoms with Crippen LogP contribution >= 0.6 is 11.6 Å². The lowest BCUT2D eigenvalue weighted by Crippen LogP contribution is -2.21. The second kappa shape index (κ2) is 5.70. The molecule has 3 rings (SSSR count). The molecular formula is C15H19ClFN3. The highest BCUT2D eigenvalue weighted by atomic mass is 35.5. The molecule has 1 fully saturated rings. The van der Waals surface area contributed by atoms with Crippen LogP contribution in [0.15, 0.2) is 18.2 Å². The maximum absolute atomic E-state index is 13.3. The Balaban J connectivity index is 1.90. The minimum atomic E-state index is -0.249. The van der Waals surface area contributed by atoms with Crippen molar-refractivity contribution in [2.75, 3.05) is 19.6 Å². The Morgan fingerprint density at radius 2 is 2.30 bits per heavy atom. The lowest BCUT2D eigenvalue weighted by molar-refractivity contribution is 0.333. The quantitative estimate of drug-likeness (QED) is 0.807. The van der Waals surface area contributed by atoms with Crippen LogP contribution in [0.5, 0.6) is 0 Å². The van der Waals surface area contributed by atoms with Crippen LogP contribution in [0, 0.1) is 11.7 Å². The molecule has 1 saturated heterocycles. The first-order valence-corrected chi connectivity index (χ1v) is 7.67. The third-order valence-electron chi connectivity index (χ3n) is 4.17. The second-order valence-electron chi connectivity index (χ2n) is 5.45. The Morgan fingerprint density at radius 1 is 1.45 bits per heavy atom. The van der Waals surface area contributed by atoms with E-state index in [1.807, 2.05) is 0 Å². The van der Waals surface area contributed by atoms with Crippen molar-refractivity contribution in [2.45, 2.75) is 25.8 Å². The van der Waals surface area contributed by atoms with Crippen LogP contribution in [0.4, 0.5) is 4.39 Å². The van der Waals surface area contributed by atoms with E-state index in [2.05, 4.69) is 21.4 Å². The molecule has 0 N–H and O–H groups in total. The highest BCUT2D eigenvalue weighted by Crippen LogP contribution is 2.24. The Labute approximate surface area is 123 Å². The first-order valence-electron chi connectivity index (χ1n) is 7.14. The van der Waals surface area contributed by atoms with E-state index in [0.717, 1.165) is 31.0 Å². The molecule has 0 amide bonds. The third-order valence-corrected chi connectivity index (χ3v) is 4.41. The van der Waals surface area contributed by atoms with Gasteiger partial charge in [-0.3, -0.25) is 0 Å². The van der Waals surface area contributed by atoms with Gasteiger partial charge in [-0.05, 0) is 37.6 Å². The van der Waals surface area contributed by atoms with Crippen molar-refractivity contribution in [3.05, 3.63) is 29.8 Å². The van der Waals surface area contributed by atoms with Gasteiger partial charge in [-0.15, -0.1) is 11.6 Å². The van der Waals surface area contributed by atoms with Crippen molar-refractivity contribution in [3.63, 3.8) is 0 Å². The van der Waals surface area contributed by atoms with Gasteiger partial charge in [0.25, 0.3) is 0 Å². The molecular weight excluding hydrogens is 277 g/mol. The Hall–Kier alpha value is -1.13. The summed E-state index contributed by atoms with van der Waals surface area (Å²) in [5.41, 5.74) is 1.68. The predicted octanol–water partition coefficient (Wildman–Crippen LogP) is 3.26. The van der Waals surface area contributed by atoms with Gasteiger partial charge in [0.1, 0.15) is 11.6 Å². The molecule has 1 atom stereocenters. The lowest BCUT2D eigenvalue weighted by Gasteiger charge is -2.15. The zero-order chi connectivity index (χ0) is 14.1. The number of nitrogens with zero attached hydrogens (tertiary/aromatic N) is 3. The number of fused-ring (bicyclic) bond motifs is 1. The van der Waals surface area contributed by atoms with E-state index in [9.17, 15) is 4.39 Å². The Bertz CT molecular complexity index is 610. The highest BCUT2D eigenvalue weighted by molar-refractivity contribution is 6.16. The molecule has 2 heterocycles. The number of imidazole rings is 1. The van der Waals surface area contributed by atoms with Gasteiger partial charge in [-0.1, -0.05) is 6.92 Å². The van der Waals surface area contributed by atoms with E-state index in [0.29, 0.717) is 17.3 Å². The highest BCUT2D eigenvalue weighted by Gasteiger charge is 2.23. The van der Waals surface area contributed by atoms with Crippen LogP contribution in [-0.2, 0) is 12.4 Å². The fourth-order valence-corrected chi connectivity index (χ4v) is 3.27. The van der Waals surface area contributed by atoms with Gasteiger partial charge < -0.3 is 9.47 Å². The first-order chi connectivity index (χ1) is 9.71. The fourth-order valence-electron chi connectivity index (χ4n) is 3.07. The molecule has 0 radical (unpaired) electrons. The number of hydrogen-bond acceptors (Lipinski definition) is 2. The molecule has 1 aliphatic rings. The fraction of sp³-hybridized carbons (Fsp3) is 0.533. The van der Waals surface area contributed by atoms with Crippen LogP contribution < -0.4 is 0 Å². The van der Waals surface area contributed by atoms with Crippen molar-refractivity contribution < 1.29 is 4.39 Å². The Kier molecular flexibility index (Phi) is 3.94. The smallest absolute Gasteiger partial charge is 0.125 e. The molecule has 1 aliphatic heterocycles. The molecule has 0 spiro atoms. The molecule has 0 aliphatic carbocycles. The predicted molar refractivity (Wildman–Crippen MR) is 79.5 cm³/mol. The van der Waals surface area contributed by atoms with E-state index >= 15 is 0 Å².